The number of benzene rings is 9. The summed E-state index contributed by atoms with van der Waals surface area (Å²) in [5, 5.41) is 9.36. The Bertz CT molecular complexity index is 7560. The van der Waals surface area contributed by atoms with Gasteiger partial charge in [0.15, 0.2) is 32.9 Å². The van der Waals surface area contributed by atoms with Crippen LogP contribution in [0.2, 0.25) is 0 Å². The lowest BCUT2D eigenvalue weighted by Gasteiger charge is -2.46. The van der Waals surface area contributed by atoms with Crippen molar-refractivity contribution < 1.29 is 28.6 Å². The zero-order valence-electron chi connectivity index (χ0n) is 84.9. The molecule has 3 atom stereocenters. The zero-order chi connectivity index (χ0) is 102. The number of guanidine groups is 1. The van der Waals surface area contributed by atoms with Crippen LogP contribution in [0.15, 0.2) is 248 Å². The highest BCUT2D eigenvalue weighted by molar-refractivity contribution is 9.08. The van der Waals surface area contributed by atoms with E-state index in [-0.39, 0.29) is 46.2 Å². The van der Waals surface area contributed by atoms with E-state index in [2.05, 4.69) is 181 Å². The number of carbonyl (C=O) groups excluding carboxylic acids is 3. The predicted octanol–water partition coefficient (Wildman–Crippen LogP) is 22.6. The summed E-state index contributed by atoms with van der Waals surface area (Å²) in [4.78, 5) is 110. The number of fused-ring (bicyclic) bond motifs is 15. The largest absolute Gasteiger partial charge is 0.381 e. The van der Waals surface area contributed by atoms with Gasteiger partial charge in [0.2, 0.25) is 0 Å². The summed E-state index contributed by atoms with van der Waals surface area (Å²) in [5.74, 6) is 3.80. The molecule has 1 saturated heterocycles. The minimum absolute atomic E-state index is 0.0169. The monoisotopic (exact) mass is 2150 g/mol. The quantitative estimate of drug-likeness (QED) is 0.0471. The molecule has 4 N–H and O–H groups in total. The molecule has 9 heterocycles. The topological polar surface area (TPSA) is 315 Å². The number of methoxy groups -OCH3 is 3. The molecule has 15 aromatic rings. The lowest BCUT2D eigenvalue weighted by molar-refractivity contribution is -0.139. The van der Waals surface area contributed by atoms with Gasteiger partial charge in [-0.05, 0) is 328 Å². The number of alkyl halides is 2. The number of aliphatic imine (C=N–C) groups is 2. The van der Waals surface area contributed by atoms with Crippen molar-refractivity contribution in [3.63, 3.8) is 0 Å². The Labute approximate surface area is 895 Å². The SMILES string of the molecule is BrCc1ccc2nccnc2c1.BrCc1ccc2nccnc2c1.COC1CCC2(CC1)Cc1ccc(CCC3CC3)cc1C21N=C(N)N(Cc2ccc3nccnc3c2)C1=O.COC1CCC2(CC1)Cc1ccc(CCC3CC3)cc1C21N=C(SCc2ccc3nccnc3c2)N(Cc2ccc3nccnc3c2)C1=O.COC1CCC2(CC1)Cc1ccc(CCC3CC3)cc1C21NC(=S)NC1=O.Cc1ccc2nccnc2c1. The third-order valence-electron chi connectivity index (χ3n) is 33.6. The van der Waals surface area contributed by atoms with Crippen LogP contribution in [0, 0.1) is 40.9 Å². The molecule has 25 nitrogen and oxygen atoms in total. The van der Waals surface area contributed by atoms with E-state index in [1.165, 1.54) is 113 Å². The van der Waals surface area contributed by atoms with Crippen molar-refractivity contribution in [1.82, 2.24) is 80.2 Å². The molecular formula is C120H125Br2N19O6S2. The molecule has 27 rings (SSSR count). The van der Waals surface area contributed by atoms with Gasteiger partial charge in [0.1, 0.15) is 0 Å². The van der Waals surface area contributed by atoms with Crippen molar-refractivity contribution in [2.24, 2.45) is 49.7 Å². The third-order valence-corrected chi connectivity index (χ3v) is 36.1. The van der Waals surface area contributed by atoms with Crippen LogP contribution in [0.5, 0.6) is 0 Å². The van der Waals surface area contributed by atoms with Gasteiger partial charge in [0.25, 0.3) is 17.7 Å². The number of thioether (sulfide) groups is 1. The number of hydrogen-bond acceptors (Lipinski definition) is 23. The molecule has 149 heavy (non-hydrogen) atoms. The number of aromatic nitrogens is 12. The number of nitrogens with one attached hydrogen (secondary N) is 2. The Hall–Kier alpha value is -12.4. The molecule has 6 saturated carbocycles. The highest BCUT2D eigenvalue weighted by Crippen LogP contribution is 2.66. The molecule has 9 aromatic carbocycles. The Morgan fingerprint density at radius 3 is 1.07 bits per heavy atom. The third kappa shape index (κ3) is 20.6. The second kappa shape index (κ2) is 43.5. The molecule has 3 amide bonds. The Balaban J connectivity index is 0.000000111. The molecule has 9 aliphatic carbocycles. The Kier molecular flexibility index (Phi) is 29.6. The summed E-state index contributed by atoms with van der Waals surface area (Å²) < 4.78 is 17.2. The molecule has 0 radical (unpaired) electrons. The van der Waals surface area contributed by atoms with Crippen molar-refractivity contribution in [1.29, 1.82) is 0 Å². The van der Waals surface area contributed by atoms with Crippen molar-refractivity contribution in [3.05, 3.63) is 322 Å². The minimum atomic E-state index is -0.961. The first-order chi connectivity index (χ1) is 72.8. The first-order valence-corrected chi connectivity index (χ1v) is 56.5. The highest BCUT2D eigenvalue weighted by atomic mass is 79.9. The number of rotatable bonds is 20. The van der Waals surface area contributed by atoms with Gasteiger partial charge in [-0.3, -0.25) is 84.0 Å². The molecule has 3 unspecified atom stereocenters. The maximum absolute atomic E-state index is 15.5. The van der Waals surface area contributed by atoms with Gasteiger partial charge in [0.05, 0.1) is 97.6 Å². The van der Waals surface area contributed by atoms with E-state index < -0.39 is 16.6 Å². The average molecular weight is 2150 g/mol. The predicted molar refractivity (Wildman–Crippen MR) is 596 cm³/mol. The molecule has 762 valence electrons. The molecule has 29 heteroatoms. The zero-order valence-corrected chi connectivity index (χ0v) is 89.7. The number of aryl methyl sites for hydroxylation is 4. The van der Waals surface area contributed by atoms with Crippen LogP contribution in [0.25, 0.3) is 66.2 Å². The number of amidine groups is 1. The fourth-order valence-corrected chi connectivity index (χ4v) is 26.8. The van der Waals surface area contributed by atoms with Crippen molar-refractivity contribution in [2.75, 3.05) is 21.3 Å². The minimum Gasteiger partial charge on any atom is -0.381 e. The second-order valence-electron chi connectivity index (χ2n) is 42.8. The Morgan fingerprint density at radius 2 is 0.685 bits per heavy atom. The summed E-state index contributed by atoms with van der Waals surface area (Å²) in [7, 11) is 5.40. The van der Waals surface area contributed by atoms with E-state index in [9.17, 15) is 9.59 Å². The van der Waals surface area contributed by atoms with E-state index in [1.807, 2.05) is 104 Å². The van der Waals surface area contributed by atoms with Crippen LogP contribution in [0.4, 0.5) is 0 Å². The number of hydrogen-bond donors (Lipinski definition) is 3. The molecule has 7 fully saturated rings. The van der Waals surface area contributed by atoms with E-state index in [0.717, 1.165) is 243 Å². The number of thiocarbonyl (C=S) groups is 1. The number of carbonyl (C=O) groups is 3. The van der Waals surface area contributed by atoms with Gasteiger partial charge in [-0.1, -0.05) is 173 Å². The van der Waals surface area contributed by atoms with Gasteiger partial charge in [0, 0.05) is 128 Å². The van der Waals surface area contributed by atoms with Crippen LogP contribution in [0.1, 0.15) is 218 Å². The van der Waals surface area contributed by atoms with Crippen molar-refractivity contribution in [3.8, 4) is 0 Å². The smallest absolute Gasteiger partial charge is 0.262 e. The van der Waals surface area contributed by atoms with E-state index >= 15 is 4.79 Å². The first-order valence-electron chi connectivity index (χ1n) is 52.9. The van der Waals surface area contributed by atoms with Crippen molar-refractivity contribution >= 4 is 156 Å². The maximum atomic E-state index is 15.5. The van der Waals surface area contributed by atoms with Gasteiger partial charge in [-0.25, -0.2) is 9.98 Å². The van der Waals surface area contributed by atoms with Gasteiger partial charge >= 0.3 is 0 Å². The molecular weight excluding hydrogens is 2030 g/mol. The van der Waals surface area contributed by atoms with E-state index in [4.69, 9.17) is 42.1 Å². The molecule has 12 aliphatic rings. The van der Waals surface area contributed by atoms with Crippen molar-refractivity contribution in [2.45, 2.75) is 245 Å². The molecule has 3 aliphatic heterocycles. The summed E-state index contributed by atoms with van der Waals surface area (Å²) in [6.07, 6.45) is 50.4. The molecule has 6 spiro atoms. The lowest BCUT2D eigenvalue weighted by Crippen LogP contribution is -2.56. The summed E-state index contributed by atoms with van der Waals surface area (Å²) >= 11 is 13.8. The van der Waals surface area contributed by atoms with Crippen LogP contribution in [0.3, 0.4) is 0 Å². The van der Waals surface area contributed by atoms with Crippen LogP contribution >= 0.6 is 55.8 Å². The number of ether oxygens (including phenoxy) is 3. The summed E-state index contributed by atoms with van der Waals surface area (Å²) in [5.41, 5.74) is 32.1. The average Bonchev–Trinajstić information content (AvgIpc) is 1.27. The summed E-state index contributed by atoms with van der Waals surface area (Å²) in [6, 6.07) is 57.1. The number of amides is 3. The molecule has 0 bridgehead atoms. The Morgan fingerprint density at radius 1 is 0.369 bits per heavy atom. The van der Waals surface area contributed by atoms with Gasteiger partial charge in [-0.2, -0.15) is 0 Å². The fraction of sp³-hybridized carbons (Fsp3) is 0.400. The van der Waals surface area contributed by atoms with E-state index in [0.29, 0.717) is 36.0 Å². The second-order valence-corrected chi connectivity index (χ2v) is 45.3. The maximum Gasteiger partial charge on any atom is 0.262 e. The standard InChI is InChI=1S/C40H40N6O2S.C31H35N5O2.C22H28N2O2S.2C9H7BrN2.C9H8N2/c1-48-31-12-14-39(15-13-31)23-30-9-6-27(5-4-26-2-3-26)20-32(30)40(39)37(47)46(24-28-7-10-33-35(21-28)43-18-16-41-33)38(45-40)49-25-29-8-11-34-36(22-29)44-19-17-42-34;1-38-24-10-12-30(13-11-24)18-23-8-6-21(5-4-20-2-3-20)16-25(23)31(30)28(37)36(29(32)35-31)19-22-7-9-26-27(17-22)34-15-14-33-26;1-26-17-8-10-21(11-9-17)13-16-7-6-15(5-4-14-2-3-14)12-18(16)22(21)19(25)23-20(27)24-22;2*10-6-7-1-2-8-9(5-7)12-4-3-11-8;1-7-2-3-8-9(6-7)11-5-4-10-8/h6-11,16-22,26,31H,2-5,12-15,23-25H2,1H3;6-9,14-17,20,24H,2-5,10-13,18-19H2,1H3,(H2,32,35);6-7,12,14,17H,2-5,8-11,13H2,1H3,(H2,23,24,25,27);2*1-5H,6H2;2-6H,1H3. The van der Waals surface area contributed by atoms with E-state index in [1.54, 1.807) is 105 Å². The number of halogens is 2. The number of nitrogens with zero attached hydrogens (tertiary/aromatic N) is 16. The van der Waals surface area contributed by atoms with Crippen LogP contribution in [-0.4, -0.2) is 143 Å². The normalized spacial score (nSPS) is 24.1. The van der Waals surface area contributed by atoms with Crippen LogP contribution in [-0.2, 0) is 113 Å². The van der Waals surface area contributed by atoms with Crippen LogP contribution < -0.4 is 16.4 Å². The lowest BCUT2D eigenvalue weighted by atomic mass is 9.61. The number of nitrogens with two attached hydrogens (primary N) is 1. The first kappa shape index (κ1) is 101. The molecule has 6 aromatic heterocycles. The fourth-order valence-electron chi connectivity index (χ4n) is 24.9. The van der Waals surface area contributed by atoms with Gasteiger partial charge < -0.3 is 30.6 Å². The highest BCUT2D eigenvalue weighted by Gasteiger charge is 2.70. The van der Waals surface area contributed by atoms with Gasteiger partial charge in [-0.15, -0.1) is 0 Å². The summed E-state index contributed by atoms with van der Waals surface area (Å²) in [6.45, 7) is 2.85.